The van der Waals surface area contributed by atoms with Crippen LogP contribution in [0.15, 0.2) is 0 Å². The van der Waals surface area contributed by atoms with Crippen molar-refractivity contribution in [1.82, 2.24) is 0 Å². The number of carbonyl (C=O) groups is 1. The largest absolute Gasteiger partial charge is 0.355 e. The molecule has 0 unspecified atom stereocenters. The zero-order valence-electron chi connectivity index (χ0n) is 7.55. The van der Waals surface area contributed by atoms with Crippen molar-refractivity contribution < 1.29 is 9.90 Å². The van der Waals surface area contributed by atoms with Crippen molar-refractivity contribution in [1.29, 1.82) is 0 Å². The number of hydrogen-bond donors (Lipinski definition) is 0. The summed E-state index contributed by atoms with van der Waals surface area (Å²) < 4.78 is 0. The van der Waals surface area contributed by atoms with Crippen molar-refractivity contribution >= 4 is 5.97 Å². The van der Waals surface area contributed by atoms with Crippen LogP contribution >= 0.6 is 0 Å². The maximum Gasteiger partial charge on any atom is 0.355 e. The van der Waals surface area contributed by atoms with E-state index in [-0.39, 0.29) is 6.42 Å². The van der Waals surface area contributed by atoms with E-state index < -0.39 is 5.97 Å². The maximum atomic E-state index is 10.1. The van der Waals surface area contributed by atoms with Gasteiger partial charge in [-0.05, 0) is 18.8 Å². The van der Waals surface area contributed by atoms with Gasteiger partial charge in [0.1, 0.15) is 0 Å². The molecule has 0 bridgehead atoms. The summed E-state index contributed by atoms with van der Waals surface area (Å²) in [6.45, 7) is 0. The van der Waals surface area contributed by atoms with E-state index >= 15 is 0 Å². The third kappa shape index (κ3) is 3.74. The van der Waals surface area contributed by atoms with Gasteiger partial charge in [-0.3, -0.25) is 0 Å². The predicted octanol–water partition coefficient (Wildman–Crippen LogP) is 2.69. The molecule has 0 atom stereocenters. The molecule has 1 aliphatic rings. The van der Waals surface area contributed by atoms with Crippen LogP contribution in [0.4, 0.5) is 0 Å². The summed E-state index contributed by atoms with van der Waals surface area (Å²) in [5.74, 6) is -0.0936. The summed E-state index contributed by atoms with van der Waals surface area (Å²) in [5.41, 5.74) is 0. The highest BCUT2D eigenvalue weighted by Crippen LogP contribution is 2.27. The Morgan fingerprint density at radius 3 is 2.42 bits per heavy atom. The van der Waals surface area contributed by atoms with E-state index in [0.29, 0.717) is 0 Å². The molecule has 0 spiro atoms. The van der Waals surface area contributed by atoms with E-state index in [1.807, 2.05) is 0 Å². The lowest BCUT2D eigenvalue weighted by Crippen LogP contribution is -2.06. The molecule has 69 valence electrons. The molecule has 1 aliphatic carbocycles. The lowest BCUT2D eigenvalue weighted by atomic mass is 9.86. The van der Waals surface area contributed by atoms with Crippen molar-refractivity contribution in [3.05, 3.63) is 0 Å². The molecule has 0 aromatic heterocycles. The Morgan fingerprint density at radius 1 is 1.17 bits per heavy atom. The summed E-state index contributed by atoms with van der Waals surface area (Å²) in [6, 6.07) is 0. The quantitative estimate of drug-likeness (QED) is 0.637. The molecule has 0 saturated heterocycles. The van der Waals surface area contributed by atoms with E-state index in [9.17, 15) is 9.90 Å². The topological polar surface area (TPSA) is 37.0 Å². The molecule has 0 heterocycles. The Labute approximate surface area is 74.0 Å². The molecule has 1 fully saturated rings. The van der Waals surface area contributed by atoms with Gasteiger partial charge >= 0.3 is 5.97 Å². The molecular formula is C10H17O2. The average molecular weight is 169 g/mol. The van der Waals surface area contributed by atoms with Gasteiger partial charge < -0.3 is 0 Å². The molecule has 1 radical (unpaired) electrons. The van der Waals surface area contributed by atoms with E-state index in [2.05, 4.69) is 0 Å². The lowest BCUT2D eigenvalue weighted by molar-refractivity contribution is -0.143. The molecule has 0 aromatic carbocycles. The Bertz CT molecular complexity index is 137. The third-order valence-corrected chi connectivity index (χ3v) is 2.72. The SMILES string of the molecule is [O]C(=O)CCCC1CCCCC1. The molecule has 1 rings (SSSR count). The van der Waals surface area contributed by atoms with Gasteiger partial charge in [-0.1, -0.05) is 32.1 Å². The van der Waals surface area contributed by atoms with Crippen molar-refractivity contribution in [2.75, 3.05) is 0 Å². The minimum Gasteiger partial charge on any atom is -0.247 e. The first kappa shape index (κ1) is 9.56. The van der Waals surface area contributed by atoms with Crippen molar-refractivity contribution in [2.45, 2.75) is 51.4 Å². The highest BCUT2D eigenvalue weighted by molar-refractivity contribution is 5.66. The molecule has 0 aromatic rings. The highest BCUT2D eigenvalue weighted by atomic mass is 16.4. The fourth-order valence-electron chi connectivity index (χ4n) is 2.01. The first-order valence-corrected chi connectivity index (χ1v) is 4.99. The van der Waals surface area contributed by atoms with Crippen LogP contribution in [0.3, 0.4) is 0 Å². The molecular weight excluding hydrogens is 152 g/mol. The summed E-state index contributed by atoms with van der Waals surface area (Å²) >= 11 is 0. The molecule has 1 saturated carbocycles. The molecule has 2 heteroatoms. The van der Waals surface area contributed by atoms with E-state index in [1.165, 1.54) is 32.1 Å². The fourth-order valence-corrected chi connectivity index (χ4v) is 2.01. The van der Waals surface area contributed by atoms with Crippen LogP contribution in [0.25, 0.3) is 0 Å². The Hall–Kier alpha value is -0.530. The van der Waals surface area contributed by atoms with Crippen LogP contribution in [0.5, 0.6) is 0 Å². The van der Waals surface area contributed by atoms with Gasteiger partial charge in [0.25, 0.3) is 0 Å². The molecule has 2 nitrogen and oxygen atoms in total. The first-order chi connectivity index (χ1) is 5.79. The normalized spacial score (nSPS) is 19.3. The van der Waals surface area contributed by atoms with E-state index in [1.54, 1.807) is 0 Å². The highest BCUT2D eigenvalue weighted by Gasteiger charge is 2.13. The van der Waals surface area contributed by atoms with E-state index in [0.717, 1.165) is 18.8 Å². The molecule has 0 N–H and O–H groups in total. The van der Waals surface area contributed by atoms with Crippen molar-refractivity contribution in [3.63, 3.8) is 0 Å². The maximum absolute atomic E-state index is 10.1. The molecule has 0 amide bonds. The average Bonchev–Trinajstić information content (AvgIpc) is 2.05. The van der Waals surface area contributed by atoms with Crippen LogP contribution < -0.4 is 0 Å². The second-order valence-electron chi connectivity index (χ2n) is 3.77. The number of carbonyl (C=O) groups excluding carboxylic acids is 1. The monoisotopic (exact) mass is 169 g/mol. The predicted molar refractivity (Wildman–Crippen MR) is 46.1 cm³/mol. The standard InChI is InChI=1S/C10H17O2/c11-10(12)8-4-7-9-5-2-1-3-6-9/h9H,1-8H2. The van der Waals surface area contributed by atoms with Gasteiger partial charge in [0.15, 0.2) is 0 Å². The summed E-state index contributed by atoms with van der Waals surface area (Å²) in [6.07, 6.45) is 8.83. The first-order valence-electron chi connectivity index (χ1n) is 4.99. The summed E-state index contributed by atoms with van der Waals surface area (Å²) in [5, 5.41) is 10.1. The van der Waals surface area contributed by atoms with Crippen LogP contribution in [0.1, 0.15) is 51.4 Å². The number of rotatable bonds is 4. The van der Waals surface area contributed by atoms with Crippen LogP contribution in [-0.2, 0) is 9.90 Å². The van der Waals surface area contributed by atoms with Gasteiger partial charge in [-0.2, -0.15) is 0 Å². The second kappa shape index (κ2) is 5.18. The summed E-state index contributed by atoms with van der Waals surface area (Å²) in [7, 11) is 0. The van der Waals surface area contributed by atoms with Crippen LogP contribution in [0, 0.1) is 5.92 Å². The second-order valence-corrected chi connectivity index (χ2v) is 3.77. The third-order valence-electron chi connectivity index (χ3n) is 2.72. The smallest absolute Gasteiger partial charge is 0.247 e. The van der Waals surface area contributed by atoms with E-state index in [4.69, 9.17) is 0 Å². The molecule has 0 aliphatic heterocycles. The van der Waals surface area contributed by atoms with Gasteiger partial charge in [0, 0.05) is 0 Å². The van der Waals surface area contributed by atoms with Gasteiger partial charge in [-0.15, -0.1) is 0 Å². The Balaban J connectivity index is 2.01. The van der Waals surface area contributed by atoms with Crippen LogP contribution in [0.2, 0.25) is 0 Å². The van der Waals surface area contributed by atoms with Crippen molar-refractivity contribution in [2.24, 2.45) is 5.92 Å². The fraction of sp³-hybridized carbons (Fsp3) is 0.900. The van der Waals surface area contributed by atoms with Crippen LogP contribution in [-0.4, -0.2) is 5.97 Å². The minimum atomic E-state index is -0.897. The Kier molecular flexibility index (Phi) is 4.12. The van der Waals surface area contributed by atoms with Crippen molar-refractivity contribution in [3.8, 4) is 0 Å². The Morgan fingerprint density at radius 2 is 1.83 bits per heavy atom. The molecule has 12 heavy (non-hydrogen) atoms. The van der Waals surface area contributed by atoms with Gasteiger partial charge in [0.2, 0.25) is 0 Å². The van der Waals surface area contributed by atoms with Gasteiger partial charge in [0.05, 0.1) is 6.42 Å². The minimum absolute atomic E-state index is 0.247. The zero-order valence-corrected chi connectivity index (χ0v) is 7.55. The van der Waals surface area contributed by atoms with Gasteiger partial charge in [-0.25, -0.2) is 9.90 Å². The zero-order chi connectivity index (χ0) is 8.81. The lowest BCUT2D eigenvalue weighted by Gasteiger charge is -2.20. The summed E-state index contributed by atoms with van der Waals surface area (Å²) in [4.78, 5) is 10.1. The number of hydrogen-bond acceptors (Lipinski definition) is 1.